The summed E-state index contributed by atoms with van der Waals surface area (Å²) in [5.74, 6) is 0.594. The van der Waals surface area contributed by atoms with Crippen molar-refractivity contribution in [3.05, 3.63) is 59.2 Å². The van der Waals surface area contributed by atoms with Crippen molar-refractivity contribution in [2.24, 2.45) is 10.7 Å². The number of amides is 1. The number of anilines is 2. The van der Waals surface area contributed by atoms with Gasteiger partial charge in [0.15, 0.2) is 5.96 Å². The molecule has 3 N–H and O–H groups in total. The third-order valence-electron chi connectivity index (χ3n) is 4.25. The second kappa shape index (κ2) is 9.02. The number of halogens is 1. The third-order valence-corrected chi connectivity index (χ3v) is 4.25. The fourth-order valence-corrected chi connectivity index (χ4v) is 3.11. The molecule has 0 spiro atoms. The maximum Gasteiger partial charge on any atom is 0.227 e. The molecule has 1 aliphatic heterocycles. The lowest BCUT2D eigenvalue weighted by atomic mass is 10.1. The molecule has 0 bridgehead atoms. The predicted octanol–water partition coefficient (Wildman–Crippen LogP) is 3.98. The van der Waals surface area contributed by atoms with Crippen molar-refractivity contribution >= 4 is 47.2 Å². The minimum absolute atomic E-state index is 0. The van der Waals surface area contributed by atoms with E-state index in [1.807, 2.05) is 41.3 Å². The maximum absolute atomic E-state index is 11.8. The minimum atomic E-state index is 0. The Labute approximate surface area is 171 Å². The van der Waals surface area contributed by atoms with Gasteiger partial charge in [0.1, 0.15) is 0 Å². The van der Waals surface area contributed by atoms with Crippen LogP contribution in [-0.4, -0.2) is 18.4 Å². The molecule has 0 atom stereocenters. The third kappa shape index (κ3) is 5.20. The topological polar surface area (TPSA) is 70.7 Å². The molecule has 1 amide bonds. The number of aryl methyl sites for hydroxylation is 2. The van der Waals surface area contributed by atoms with Crippen LogP contribution >= 0.6 is 24.0 Å². The first-order chi connectivity index (χ1) is 12.0. The summed E-state index contributed by atoms with van der Waals surface area (Å²) in [5, 5.41) is 3.13. The smallest absolute Gasteiger partial charge is 0.227 e. The number of hydrogen-bond acceptors (Lipinski definition) is 2. The first-order valence-corrected chi connectivity index (χ1v) is 8.56. The van der Waals surface area contributed by atoms with Gasteiger partial charge in [0.2, 0.25) is 5.91 Å². The number of nitrogens with zero attached hydrogens (tertiary/aromatic N) is 2. The Bertz CT molecular complexity index is 782. The highest BCUT2D eigenvalue weighted by atomic mass is 127. The van der Waals surface area contributed by atoms with Crippen molar-refractivity contribution in [2.45, 2.75) is 33.2 Å². The Hall–Kier alpha value is -2.09. The molecular weight excluding hydrogens is 439 g/mol. The zero-order valence-corrected chi connectivity index (χ0v) is 17.5. The summed E-state index contributed by atoms with van der Waals surface area (Å²) in [5.41, 5.74) is 11.3. The van der Waals surface area contributed by atoms with E-state index < -0.39 is 0 Å². The van der Waals surface area contributed by atoms with Crippen molar-refractivity contribution in [3.8, 4) is 0 Å². The van der Waals surface area contributed by atoms with Gasteiger partial charge in [0.05, 0.1) is 6.54 Å². The molecular formula is C20H25IN4O. The molecule has 3 rings (SSSR count). The zero-order chi connectivity index (χ0) is 17.8. The van der Waals surface area contributed by atoms with E-state index in [0.29, 0.717) is 18.9 Å². The Kier molecular flexibility index (Phi) is 7.02. The van der Waals surface area contributed by atoms with Crippen LogP contribution in [0.2, 0.25) is 0 Å². The number of benzene rings is 2. The Balaban J connectivity index is 0.00000243. The molecule has 0 radical (unpaired) electrons. The van der Waals surface area contributed by atoms with E-state index in [9.17, 15) is 4.79 Å². The second-order valence-corrected chi connectivity index (χ2v) is 6.52. The first kappa shape index (κ1) is 20.2. The van der Waals surface area contributed by atoms with Gasteiger partial charge >= 0.3 is 0 Å². The molecule has 0 saturated carbocycles. The van der Waals surface area contributed by atoms with Crippen LogP contribution in [-0.2, 0) is 11.3 Å². The molecule has 0 aliphatic carbocycles. The van der Waals surface area contributed by atoms with Gasteiger partial charge in [-0.05, 0) is 61.2 Å². The zero-order valence-electron chi connectivity index (χ0n) is 15.2. The summed E-state index contributed by atoms with van der Waals surface area (Å²) in [6.45, 7) is 5.41. The summed E-state index contributed by atoms with van der Waals surface area (Å²) in [6, 6.07) is 14.1. The van der Waals surface area contributed by atoms with Crippen LogP contribution in [0.1, 0.15) is 29.5 Å². The number of nitrogens with one attached hydrogen (secondary N) is 1. The van der Waals surface area contributed by atoms with E-state index in [1.165, 1.54) is 11.1 Å². The SMILES string of the molecule is Cc1cc(C)cc(NC(N)=NCc2ccc(N3CCCC3=O)cc2)c1.I. The van der Waals surface area contributed by atoms with Gasteiger partial charge in [-0.1, -0.05) is 18.2 Å². The number of guanidine groups is 1. The van der Waals surface area contributed by atoms with Gasteiger partial charge in [-0.2, -0.15) is 0 Å². The fraction of sp³-hybridized carbons (Fsp3) is 0.300. The number of rotatable bonds is 4. The molecule has 26 heavy (non-hydrogen) atoms. The second-order valence-electron chi connectivity index (χ2n) is 6.52. The lowest BCUT2D eigenvalue weighted by Gasteiger charge is -2.15. The quantitative estimate of drug-likeness (QED) is 0.409. The molecule has 0 unspecified atom stereocenters. The van der Waals surface area contributed by atoms with Crippen molar-refractivity contribution in [1.82, 2.24) is 0 Å². The first-order valence-electron chi connectivity index (χ1n) is 8.56. The molecule has 5 nitrogen and oxygen atoms in total. The molecule has 1 aliphatic rings. The molecule has 138 valence electrons. The summed E-state index contributed by atoms with van der Waals surface area (Å²) in [4.78, 5) is 18.0. The van der Waals surface area contributed by atoms with Crippen molar-refractivity contribution in [1.29, 1.82) is 0 Å². The number of nitrogens with two attached hydrogens (primary N) is 1. The Morgan fingerprint density at radius 3 is 2.38 bits per heavy atom. The number of carbonyl (C=O) groups is 1. The van der Waals surface area contributed by atoms with E-state index in [1.54, 1.807) is 0 Å². The molecule has 0 aromatic heterocycles. The lowest BCUT2D eigenvalue weighted by molar-refractivity contribution is -0.117. The number of aliphatic imine (C=N–C) groups is 1. The molecule has 1 fully saturated rings. The fourth-order valence-electron chi connectivity index (χ4n) is 3.11. The van der Waals surface area contributed by atoms with E-state index in [-0.39, 0.29) is 29.9 Å². The average molecular weight is 464 g/mol. The monoisotopic (exact) mass is 464 g/mol. The average Bonchev–Trinajstić information content (AvgIpc) is 2.98. The van der Waals surface area contributed by atoms with Crippen molar-refractivity contribution < 1.29 is 4.79 Å². The summed E-state index contributed by atoms with van der Waals surface area (Å²) >= 11 is 0. The van der Waals surface area contributed by atoms with Crippen LogP contribution in [0.4, 0.5) is 11.4 Å². The van der Waals surface area contributed by atoms with Crippen LogP contribution in [0.5, 0.6) is 0 Å². The Morgan fingerprint density at radius 2 is 1.81 bits per heavy atom. The summed E-state index contributed by atoms with van der Waals surface area (Å²) < 4.78 is 0. The van der Waals surface area contributed by atoms with E-state index in [0.717, 1.165) is 29.9 Å². The molecule has 1 heterocycles. The van der Waals surface area contributed by atoms with Crippen LogP contribution < -0.4 is 16.0 Å². The van der Waals surface area contributed by atoms with Crippen molar-refractivity contribution in [2.75, 3.05) is 16.8 Å². The standard InChI is InChI=1S/C20H24N4O.HI/c1-14-10-15(2)12-17(11-14)23-20(21)22-13-16-5-7-18(8-6-16)24-9-3-4-19(24)25;/h5-8,10-12H,3-4,9,13H2,1-2H3,(H3,21,22,23);1H. The van der Waals surface area contributed by atoms with Gasteiger partial charge < -0.3 is 16.0 Å². The van der Waals surface area contributed by atoms with E-state index >= 15 is 0 Å². The van der Waals surface area contributed by atoms with Gasteiger partial charge in [0, 0.05) is 24.3 Å². The highest BCUT2D eigenvalue weighted by Gasteiger charge is 2.21. The van der Waals surface area contributed by atoms with Gasteiger partial charge in [-0.15, -0.1) is 24.0 Å². The Morgan fingerprint density at radius 1 is 1.15 bits per heavy atom. The van der Waals surface area contributed by atoms with Crippen molar-refractivity contribution in [3.63, 3.8) is 0 Å². The molecule has 6 heteroatoms. The van der Waals surface area contributed by atoms with Crippen LogP contribution in [0.15, 0.2) is 47.5 Å². The molecule has 2 aromatic carbocycles. The predicted molar refractivity (Wildman–Crippen MR) is 118 cm³/mol. The highest BCUT2D eigenvalue weighted by molar-refractivity contribution is 14.0. The minimum Gasteiger partial charge on any atom is -0.370 e. The summed E-state index contributed by atoms with van der Waals surface area (Å²) in [6.07, 6.45) is 1.58. The normalized spacial score (nSPS) is 14.3. The van der Waals surface area contributed by atoms with Gasteiger partial charge in [-0.3, -0.25) is 4.79 Å². The lowest BCUT2D eigenvalue weighted by Crippen LogP contribution is -2.23. The largest absolute Gasteiger partial charge is 0.370 e. The van der Waals surface area contributed by atoms with Crippen LogP contribution in [0.25, 0.3) is 0 Å². The maximum atomic E-state index is 11.8. The molecule has 1 saturated heterocycles. The number of carbonyl (C=O) groups excluding carboxylic acids is 1. The highest BCUT2D eigenvalue weighted by Crippen LogP contribution is 2.21. The van der Waals surface area contributed by atoms with Gasteiger partial charge in [-0.25, -0.2) is 4.99 Å². The van der Waals surface area contributed by atoms with E-state index in [2.05, 4.69) is 30.2 Å². The number of hydrogen-bond donors (Lipinski definition) is 2. The van der Waals surface area contributed by atoms with Crippen LogP contribution in [0.3, 0.4) is 0 Å². The van der Waals surface area contributed by atoms with Crippen LogP contribution in [0, 0.1) is 13.8 Å². The van der Waals surface area contributed by atoms with E-state index in [4.69, 9.17) is 5.73 Å². The molecule has 2 aromatic rings. The summed E-state index contributed by atoms with van der Waals surface area (Å²) in [7, 11) is 0. The van der Waals surface area contributed by atoms with Gasteiger partial charge in [0.25, 0.3) is 0 Å².